The molecule has 6 nitrogen and oxygen atoms in total. The van der Waals surface area contributed by atoms with Gasteiger partial charge in [-0.15, -0.1) is 11.3 Å². The molecule has 0 radical (unpaired) electrons. The number of nitrogens with zero attached hydrogens (tertiary/aromatic N) is 3. The Hall–Kier alpha value is -2.41. The van der Waals surface area contributed by atoms with Crippen molar-refractivity contribution in [2.45, 2.75) is 46.1 Å². The van der Waals surface area contributed by atoms with Gasteiger partial charge in [0.15, 0.2) is 5.96 Å². The maximum atomic E-state index is 12.1. The van der Waals surface area contributed by atoms with Crippen LogP contribution in [0.1, 0.15) is 54.3 Å². The summed E-state index contributed by atoms with van der Waals surface area (Å²) in [6, 6.07) is 7.78. The average molecular weight is 416 g/mol. The SMILES string of the molecule is CCNC(=NCc1nc(C(C)(C)C)cs1)NCCc1cccc(C(=O)N(C)C)c1. The Bertz CT molecular complexity index is 836. The molecular weight excluding hydrogens is 382 g/mol. The van der Waals surface area contributed by atoms with Crippen LogP contribution < -0.4 is 10.6 Å². The van der Waals surface area contributed by atoms with E-state index in [1.165, 1.54) is 0 Å². The molecule has 1 aromatic carbocycles. The van der Waals surface area contributed by atoms with Crippen LogP contribution in [0.5, 0.6) is 0 Å². The quantitative estimate of drug-likeness (QED) is 0.537. The molecule has 2 aromatic rings. The number of carbonyl (C=O) groups excluding carboxylic acids is 1. The molecule has 0 aliphatic heterocycles. The first-order valence-electron chi connectivity index (χ1n) is 9.98. The van der Waals surface area contributed by atoms with Gasteiger partial charge in [0.05, 0.1) is 12.2 Å². The molecule has 0 spiro atoms. The van der Waals surface area contributed by atoms with E-state index in [0.717, 1.165) is 41.7 Å². The van der Waals surface area contributed by atoms with Gasteiger partial charge in [-0.25, -0.2) is 9.98 Å². The second-order valence-corrected chi connectivity index (χ2v) is 9.09. The van der Waals surface area contributed by atoms with Crippen LogP contribution in [0.25, 0.3) is 0 Å². The second kappa shape index (κ2) is 10.4. The molecule has 0 saturated heterocycles. The van der Waals surface area contributed by atoms with Crippen molar-refractivity contribution in [2.24, 2.45) is 4.99 Å². The van der Waals surface area contributed by atoms with Gasteiger partial charge in [0.2, 0.25) is 0 Å². The van der Waals surface area contributed by atoms with E-state index in [-0.39, 0.29) is 11.3 Å². The molecule has 1 aromatic heterocycles. The predicted octanol–water partition coefficient (Wildman–Crippen LogP) is 3.44. The number of rotatable bonds is 7. The van der Waals surface area contributed by atoms with E-state index in [4.69, 9.17) is 4.98 Å². The molecule has 0 aliphatic carbocycles. The second-order valence-electron chi connectivity index (χ2n) is 8.15. The lowest BCUT2D eigenvalue weighted by Crippen LogP contribution is -2.38. The van der Waals surface area contributed by atoms with Gasteiger partial charge in [0.25, 0.3) is 5.91 Å². The first-order chi connectivity index (χ1) is 13.7. The third-order valence-electron chi connectivity index (χ3n) is 4.32. The third-order valence-corrected chi connectivity index (χ3v) is 5.16. The molecule has 0 unspecified atom stereocenters. The fourth-order valence-electron chi connectivity index (χ4n) is 2.66. The summed E-state index contributed by atoms with van der Waals surface area (Å²) < 4.78 is 0. The number of thiazole rings is 1. The Morgan fingerprint density at radius 1 is 1.24 bits per heavy atom. The van der Waals surface area contributed by atoms with Crippen LogP contribution in [-0.2, 0) is 18.4 Å². The van der Waals surface area contributed by atoms with E-state index in [9.17, 15) is 4.79 Å². The molecule has 1 heterocycles. The van der Waals surface area contributed by atoms with Crippen molar-refractivity contribution < 1.29 is 4.79 Å². The van der Waals surface area contributed by atoms with Crippen molar-refractivity contribution >= 4 is 23.2 Å². The van der Waals surface area contributed by atoms with Gasteiger partial charge >= 0.3 is 0 Å². The summed E-state index contributed by atoms with van der Waals surface area (Å²) in [4.78, 5) is 23.1. The van der Waals surface area contributed by atoms with E-state index in [1.807, 2.05) is 24.3 Å². The Balaban J connectivity index is 1.94. The van der Waals surface area contributed by atoms with E-state index in [2.05, 4.69) is 48.7 Å². The molecule has 2 rings (SSSR count). The first-order valence-corrected chi connectivity index (χ1v) is 10.9. The molecule has 2 N–H and O–H groups in total. The lowest BCUT2D eigenvalue weighted by Gasteiger charge is -2.14. The number of hydrogen-bond donors (Lipinski definition) is 2. The smallest absolute Gasteiger partial charge is 0.253 e. The highest BCUT2D eigenvalue weighted by Gasteiger charge is 2.17. The van der Waals surface area contributed by atoms with Crippen LogP contribution in [0.3, 0.4) is 0 Å². The van der Waals surface area contributed by atoms with Gasteiger partial charge in [0, 0.05) is 43.5 Å². The molecule has 1 amide bonds. The summed E-state index contributed by atoms with van der Waals surface area (Å²) in [5, 5.41) is 9.78. The Morgan fingerprint density at radius 2 is 2.00 bits per heavy atom. The number of aliphatic imine (C=N–C) groups is 1. The number of nitrogens with one attached hydrogen (secondary N) is 2. The number of carbonyl (C=O) groups is 1. The van der Waals surface area contributed by atoms with Gasteiger partial charge in [0.1, 0.15) is 5.01 Å². The Morgan fingerprint density at radius 3 is 2.62 bits per heavy atom. The molecule has 29 heavy (non-hydrogen) atoms. The van der Waals surface area contributed by atoms with Crippen LogP contribution in [0.4, 0.5) is 0 Å². The number of guanidine groups is 1. The standard InChI is InChI=1S/C22H33N5OS/c1-7-23-21(25-14-19-26-18(15-29-19)22(2,3)4)24-12-11-16-9-8-10-17(13-16)20(28)27(5)6/h8-10,13,15H,7,11-12,14H2,1-6H3,(H2,23,24,25). The van der Waals surface area contributed by atoms with Gasteiger partial charge in [-0.1, -0.05) is 32.9 Å². The van der Waals surface area contributed by atoms with Crippen LogP contribution in [0, 0.1) is 0 Å². The fourth-order valence-corrected chi connectivity index (χ4v) is 3.60. The zero-order valence-corrected chi connectivity index (χ0v) is 19.2. The third kappa shape index (κ3) is 7.16. The minimum absolute atomic E-state index is 0.0211. The Kier molecular flexibility index (Phi) is 8.20. The van der Waals surface area contributed by atoms with Gasteiger partial charge in [-0.2, -0.15) is 0 Å². The number of aromatic nitrogens is 1. The van der Waals surface area contributed by atoms with E-state index >= 15 is 0 Å². The monoisotopic (exact) mass is 415 g/mol. The topological polar surface area (TPSA) is 69.6 Å². The maximum absolute atomic E-state index is 12.1. The summed E-state index contributed by atoms with van der Waals surface area (Å²) in [5.41, 5.74) is 3.00. The largest absolute Gasteiger partial charge is 0.357 e. The van der Waals surface area contributed by atoms with Crippen molar-refractivity contribution in [3.63, 3.8) is 0 Å². The molecule has 0 aliphatic rings. The lowest BCUT2D eigenvalue weighted by molar-refractivity contribution is 0.0827. The lowest BCUT2D eigenvalue weighted by atomic mass is 9.93. The normalized spacial score (nSPS) is 12.0. The van der Waals surface area contributed by atoms with Crippen LogP contribution in [-0.4, -0.2) is 48.9 Å². The highest BCUT2D eigenvalue weighted by atomic mass is 32.1. The number of amides is 1. The van der Waals surface area contributed by atoms with Crippen molar-refractivity contribution in [1.82, 2.24) is 20.5 Å². The fraction of sp³-hybridized carbons (Fsp3) is 0.500. The maximum Gasteiger partial charge on any atom is 0.253 e. The zero-order valence-electron chi connectivity index (χ0n) is 18.4. The highest BCUT2D eigenvalue weighted by Crippen LogP contribution is 2.24. The summed E-state index contributed by atoms with van der Waals surface area (Å²) >= 11 is 1.65. The van der Waals surface area contributed by atoms with Crippen LogP contribution >= 0.6 is 11.3 Å². The average Bonchev–Trinajstić information content (AvgIpc) is 3.15. The van der Waals surface area contributed by atoms with Gasteiger partial charge < -0.3 is 15.5 Å². The van der Waals surface area contributed by atoms with Crippen molar-refractivity contribution in [1.29, 1.82) is 0 Å². The molecule has 0 atom stereocenters. The Labute approximate surface area is 178 Å². The molecule has 158 valence electrons. The van der Waals surface area contributed by atoms with Crippen molar-refractivity contribution in [3.05, 3.63) is 51.5 Å². The molecule has 7 heteroatoms. The summed E-state index contributed by atoms with van der Waals surface area (Å²) in [7, 11) is 3.53. The van der Waals surface area contributed by atoms with Gasteiger partial charge in [-0.05, 0) is 31.0 Å². The van der Waals surface area contributed by atoms with Gasteiger partial charge in [-0.3, -0.25) is 4.79 Å². The summed E-state index contributed by atoms with van der Waals surface area (Å²) in [6.07, 6.45) is 0.810. The van der Waals surface area contributed by atoms with E-state index < -0.39 is 0 Å². The molecular formula is C22H33N5OS. The van der Waals surface area contributed by atoms with Crippen molar-refractivity contribution in [2.75, 3.05) is 27.2 Å². The highest BCUT2D eigenvalue weighted by molar-refractivity contribution is 7.09. The number of hydrogen-bond acceptors (Lipinski definition) is 4. The minimum Gasteiger partial charge on any atom is -0.357 e. The van der Waals surface area contributed by atoms with Crippen LogP contribution in [0.2, 0.25) is 0 Å². The van der Waals surface area contributed by atoms with Crippen molar-refractivity contribution in [3.8, 4) is 0 Å². The summed E-state index contributed by atoms with van der Waals surface area (Å²) in [5.74, 6) is 0.799. The minimum atomic E-state index is 0.0211. The van der Waals surface area contributed by atoms with E-state index in [0.29, 0.717) is 12.1 Å². The zero-order chi connectivity index (χ0) is 21.4. The van der Waals surface area contributed by atoms with Crippen LogP contribution in [0.15, 0.2) is 34.6 Å². The molecule has 0 bridgehead atoms. The number of benzene rings is 1. The first kappa shape index (κ1) is 22.9. The summed E-state index contributed by atoms with van der Waals surface area (Å²) in [6.45, 7) is 10.6. The predicted molar refractivity (Wildman–Crippen MR) is 122 cm³/mol. The van der Waals surface area contributed by atoms with E-state index in [1.54, 1.807) is 30.3 Å². The molecule has 0 saturated carbocycles. The molecule has 0 fully saturated rings.